The number of hydrogen-bond donors (Lipinski definition) is 2. The SMILES string of the molecule is CCCC(COC)NC(C)C(=O)NC(C)(C)C. The van der Waals surface area contributed by atoms with Crippen molar-refractivity contribution in [3.63, 3.8) is 0 Å². The van der Waals surface area contributed by atoms with Crippen molar-refractivity contribution >= 4 is 5.91 Å². The highest BCUT2D eigenvalue weighted by Crippen LogP contribution is 2.02. The Labute approximate surface area is 105 Å². The normalized spacial score (nSPS) is 15.4. The number of hydrogen-bond acceptors (Lipinski definition) is 3. The molecule has 0 fully saturated rings. The van der Waals surface area contributed by atoms with Crippen LogP contribution >= 0.6 is 0 Å². The summed E-state index contributed by atoms with van der Waals surface area (Å²) in [7, 11) is 1.68. The molecule has 0 aromatic heterocycles. The molecule has 0 spiro atoms. The summed E-state index contributed by atoms with van der Waals surface area (Å²) in [5.74, 6) is 0.0368. The molecule has 0 bridgehead atoms. The molecule has 1 amide bonds. The van der Waals surface area contributed by atoms with Crippen molar-refractivity contribution in [3.8, 4) is 0 Å². The summed E-state index contributed by atoms with van der Waals surface area (Å²) >= 11 is 0. The summed E-state index contributed by atoms with van der Waals surface area (Å²) in [4.78, 5) is 11.9. The molecule has 0 aliphatic heterocycles. The second-order valence-electron chi connectivity index (χ2n) is 5.57. The van der Waals surface area contributed by atoms with Crippen LogP contribution in [0, 0.1) is 0 Å². The molecule has 0 aliphatic carbocycles. The van der Waals surface area contributed by atoms with Gasteiger partial charge in [0.05, 0.1) is 12.6 Å². The van der Waals surface area contributed by atoms with Crippen molar-refractivity contribution < 1.29 is 9.53 Å². The molecule has 2 atom stereocenters. The van der Waals surface area contributed by atoms with E-state index in [1.165, 1.54) is 0 Å². The highest BCUT2D eigenvalue weighted by atomic mass is 16.5. The summed E-state index contributed by atoms with van der Waals surface area (Å²) in [6.45, 7) is 10.6. The van der Waals surface area contributed by atoms with Crippen LogP contribution in [0.25, 0.3) is 0 Å². The van der Waals surface area contributed by atoms with E-state index in [-0.39, 0.29) is 23.5 Å². The first-order valence-electron chi connectivity index (χ1n) is 6.37. The molecule has 0 aliphatic rings. The Kier molecular flexibility index (Phi) is 7.39. The monoisotopic (exact) mass is 244 g/mol. The van der Waals surface area contributed by atoms with Crippen LogP contribution in [0.15, 0.2) is 0 Å². The largest absolute Gasteiger partial charge is 0.383 e. The van der Waals surface area contributed by atoms with E-state index < -0.39 is 0 Å². The van der Waals surface area contributed by atoms with Crippen LogP contribution in [0.2, 0.25) is 0 Å². The Morgan fingerprint density at radius 2 is 1.94 bits per heavy atom. The minimum atomic E-state index is -0.194. The van der Waals surface area contributed by atoms with Crippen molar-refractivity contribution in [2.75, 3.05) is 13.7 Å². The second kappa shape index (κ2) is 7.67. The molecule has 17 heavy (non-hydrogen) atoms. The standard InChI is InChI=1S/C13H28N2O2/c1-7-8-11(9-17-6)14-10(2)12(16)15-13(3,4)5/h10-11,14H,7-9H2,1-6H3,(H,15,16). The van der Waals surface area contributed by atoms with E-state index in [1.807, 2.05) is 27.7 Å². The third-order valence-corrected chi connectivity index (χ3v) is 2.38. The zero-order valence-electron chi connectivity index (χ0n) is 12.1. The molecule has 0 radical (unpaired) electrons. The van der Waals surface area contributed by atoms with Gasteiger partial charge in [-0.2, -0.15) is 0 Å². The molecule has 102 valence electrons. The number of methoxy groups -OCH3 is 1. The Balaban J connectivity index is 4.19. The molecule has 0 saturated carbocycles. The van der Waals surface area contributed by atoms with E-state index in [0.29, 0.717) is 6.61 Å². The van der Waals surface area contributed by atoms with Crippen molar-refractivity contribution in [3.05, 3.63) is 0 Å². The van der Waals surface area contributed by atoms with Gasteiger partial charge < -0.3 is 15.4 Å². The van der Waals surface area contributed by atoms with E-state index in [9.17, 15) is 4.79 Å². The maximum Gasteiger partial charge on any atom is 0.237 e. The minimum absolute atomic E-state index is 0.0368. The molecule has 4 heteroatoms. The van der Waals surface area contributed by atoms with Crippen LogP contribution in [-0.2, 0) is 9.53 Å². The molecule has 4 nitrogen and oxygen atoms in total. The Morgan fingerprint density at radius 1 is 1.35 bits per heavy atom. The lowest BCUT2D eigenvalue weighted by molar-refractivity contribution is -0.124. The zero-order chi connectivity index (χ0) is 13.5. The molecule has 0 aromatic carbocycles. The molecule has 0 heterocycles. The van der Waals surface area contributed by atoms with Crippen LogP contribution in [0.1, 0.15) is 47.5 Å². The smallest absolute Gasteiger partial charge is 0.237 e. The molecular formula is C13H28N2O2. The fourth-order valence-corrected chi connectivity index (χ4v) is 1.67. The van der Waals surface area contributed by atoms with Crippen molar-refractivity contribution in [1.82, 2.24) is 10.6 Å². The Hall–Kier alpha value is -0.610. The summed E-state index contributed by atoms with van der Waals surface area (Å²) in [5.41, 5.74) is -0.186. The third kappa shape index (κ3) is 8.16. The number of rotatable bonds is 7. The highest BCUT2D eigenvalue weighted by Gasteiger charge is 2.21. The predicted octanol–water partition coefficient (Wildman–Crippen LogP) is 1.69. The quantitative estimate of drug-likeness (QED) is 0.716. The fourth-order valence-electron chi connectivity index (χ4n) is 1.67. The average Bonchev–Trinajstić information content (AvgIpc) is 2.15. The van der Waals surface area contributed by atoms with Gasteiger partial charge >= 0.3 is 0 Å². The summed E-state index contributed by atoms with van der Waals surface area (Å²) in [5, 5.41) is 6.27. The van der Waals surface area contributed by atoms with E-state index in [2.05, 4.69) is 17.6 Å². The zero-order valence-corrected chi connectivity index (χ0v) is 12.1. The van der Waals surface area contributed by atoms with E-state index in [0.717, 1.165) is 12.8 Å². The van der Waals surface area contributed by atoms with Gasteiger partial charge in [-0.25, -0.2) is 0 Å². The molecule has 0 rings (SSSR count). The maximum absolute atomic E-state index is 11.9. The first-order chi connectivity index (χ1) is 7.80. The van der Waals surface area contributed by atoms with E-state index in [1.54, 1.807) is 7.11 Å². The first kappa shape index (κ1) is 16.4. The Bertz CT molecular complexity index is 218. The van der Waals surface area contributed by atoms with Crippen LogP contribution < -0.4 is 10.6 Å². The van der Waals surface area contributed by atoms with Gasteiger partial charge in [-0.1, -0.05) is 13.3 Å². The number of carbonyl (C=O) groups is 1. The third-order valence-electron chi connectivity index (χ3n) is 2.38. The summed E-state index contributed by atoms with van der Waals surface area (Å²) in [6.07, 6.45) is 2.09. The lowest BCUT2D eigenvalue weighted by atomic mass is 10.1. The van der Waals surface area contributed by atoms with Gasteiger partial charge in [0.1, 0.15) is 0 Å². The first-order valence-corrected chi connectivity index (χ1v) is 6.37. The van der Waals surface area contributed by atoms with Crippen LogP contribution in [0.3, 0.4) is 0 Å². The lowest BCUT2D eigenvalue weighted by Crippen LogP contribution is -2.52. The van der Waals surface area contributed by atoms with Gasteiger partial charge in [0.25, 0.3) is 0 Å². The molecular weight excluding hydrogens is 216 g/mol. The van der Waals surface area contributed by atoms with E-state index in [4.69, 9.17) is 4.74 Å². The molecule has 2 unspecified atom stereocenters. The summed E-state index contributed by atoms with van der Waals surface area (Å²) in [6, 6.07) is 0.0478. The van der Waals surface area contributed by atoms with Crippen LogP contribution in [0.4, 0.5) is 0 Å². The fraction of sp³-hybridized carbons (Fsp3) is 0.923. The van der Waals surface area contributed by atoms with Crippen molar-refractivity contribution in [1.29, 1.82) is 0 Å². The summed E-state index contributed by atoms with van der Waals surface area (Å²) < 4.78 is 5.14. The topological polar surface area (TPSA) is 50.4 Å². The van der Waals surface area contributed by atoms with Gasteiger partial charge in [0.15, 0.2) is 0 Å². The highest BCUT2D eigenvalue weighted by molar-refractivity contribution is 5.81. The number of ether oxygens (including phenoxy) is 1. The number of nitrogens with one attached hydrogen (secondary N) is 2. The average molecular weight is 244 g/mol. The van der Waals surface area contributed by atoms with Crippen LogP contribution in [-0.4, -0.2) is 37.2 Å². The second-order valence-corrected chi connectivity index (χ2v) is 5.57. The van der Waals surface area contributed by atoms with Crippen LogP contribution in [0.5, 0.6) is 0 Å². The molecule has 2 N–H and O–H groups in total. The van der Waals surface area contributed by atoms with E-state index >= 15 is 0 Å². The van der Waals surface area contributed by atoms with Gasteiger partial charge in [0.2, 0.25) is 5.91 Å². The maximum atomic E-state index is 11.9. The predicted molar refractivity (Wildman–Crippen MR) is 71.1 cm³/mol. The van der Waals surface area contributed by atoms with Crippen molar-refractivity contribution in [2.24, 2.45) is 0 Å². The van der Waals surface area contributed by atoms with Gasteiger partial charge in [-0.05, 0) is 34.1 Å². The van der Waals surface area contributed by atoms with Gasteiger partial charge in [-0.15, -0.1) is 0 Å². The van der Waals surface area contributed by atoms with Gasteiger partial charge in [0, 0.05) is 18.7 Å². The van der Waals surface area contributed by atoms with Gasteiger partial charge in [-0.3, -0.25) is 4.79 Å². The molecule has 0 aromatic rings. The minimum Gasteiger partial charge on any atom is -0.383 e. The Morgan fingerprint density at radius 3 is 2.35 bits per heavy atom. The van der Waals surface area contributed by atoms with Crippen molar-refractivity contribution in [2.45, 2.75) is 65.1 Å². The number of amides is 1. The lowest BCUT2D eigenvalue weighted by Gasteiger charge is -2.26. The number of carbonyl (C=O) groups excluding carboxylic acids is 1. The molecule has 0 saturated heterocycles.